The highest BCUT2D eigenvalue weighted by molar-refractivity contribution is 7.99. The number of benzene rings is 1. The van der Waals surface area contributed by atoms with Gasteiger partial charge in [-0.05, 0) is 38.8 Å². The number of nitrogens with zero attached hydrogens (tertiary/aromatic N) is 1. The number of carbonyl (C=O) groups is 1. The second-order valence-electron chi connectivity index (χ2n) is 6.88. The number of rotatable bonds is 7. The molecule has 0 radical (unpaired) electrons. The minimum Gasteiger partial charge on any atom is -0.350 e. The summed E-state index contributed by atoms with van der Waals surface area (Å²) in [5.41, 5.74) is 2.02. The van der Waals surface area contributed by atoms with Crippen LogP contribution in [0.15, 0.2) is 35.1 Å². The van der Waals surface area contributed by atoms with Crippen LogP contribution in [-0.2, 0) is 4.79 Å². The molecule has 148 valence electrons. The van der Waals surface area contributed by atoms with Crippen LogP contribution < -0.4 is 10.9 Å². The third kappa shape index (κ3) is 4.64. The van der Waals surface area contributed by atoms with Gasteiger partial charge in [0.05, 0.1) is 16.7 Å². The summed E-state index contributed by atoms with van der Waals surface area (Å²) in [6.07, 6.45) is 0.426. The third-order valence-corrected chi connectivity index (χ3v) is 7.08. The number of aromatic nitrogens is 2. The summed E-state index contributed by atoms with van der Waals surface area (Å²) in [5, 5.41) is 3.73. The molecule has 0 aliphatic rings. The summed E-state index contributed by atoms with van der Waals surface area (Å²) in [7, 11) is 0. The standard InChI is InChI=1S/C21H25N3O2S2/c1-12-14(3)28-21-18(12)20(26)23-19(24-21)15(4)27-11-10-17(25)22-13(2)16-8-6-5-7-9-16/h5-9,13,15H,10-11H2,1-4H3,(H,22,25)(H,23,24,26)/t13-,15-/m1/s1. The Morgan fingerprint density at radius 1 is 1.25 bits per heavy atom. The van der Waals surface area contributed by atoms with Gasteiger partial charge in [-0.3, -0.25) is 9.59 Å². The SMILES string of the molecule is Cc1sc2nc([C@@H](C)SCCC(=O)N[C@H](C)c3ccccc3)[nH]c(=O)c2c1C. The predicted molar refractivity (Wildman–Crippen MR) is 118 cm³/mol. The Morgan fingerprint density at radius 2 is 1.96 bits per heavy atom. The van der Waals surface area contributed by atoms with Crippen molar-refractivity contribution in [3.05, 3.63) is 62.5 Å². The molecular formula is C21H25N3O2S2. The van der Waals surface area contributed by atoms with Crippen molar-refractivity contribution in [2.24, 2.45) is 0 Å². The van der Waals surface area contributed by atoms with Crippen LogP contribution >= 0.6 is 23.1 Å². The van der Waals surface area contributed by atoms with Gasteiger partial charge in [-0.15, -0.1) is 11.3 Å². The number of hydrogen-bond acceptors (Lipinski definition) is 5. The van der Waals surface area contributed by atoms with Crippen molar-refractivity contribution in [1.82, 2.24) is 15.3 Å². The maximum Gasteiger partial charge on any atom is 0.259 e. The Balaban J connectivity index is 1.55. The number of H-pyrrole nitrogens is 1. The number of carbonyl (C=O) groups excluding carboxylic acids is 1. The van der Waals surface area contributed by atoms with Crippen LogP contribution in [0.2, 0.25) is 0 Å². The van der Waals surface area contributed by atoms with Gasteiger partial charge in [-0.25, -0.2) is 4.98 Å². The molecule has 0 bridgehead atoms. The molecule has 3 aromatic rings. The maximum atomic E-state index is 12.4. The molecule has 2 aromatic heterocycles. The Hall–Kier alpha value is -2.12. The molecule has 5 nitrogen and oxygen atoms in total. The zero-order chi connectivity index (χ0) is 20.3. The largest absolute Gasteiger partial charge is 0.350 e. The molecule has 1 aromatic carbocycles. The molecule has 0 saturated carbocycles. The number of aryl methyl sites for hydroxylation is 2. The van der Waals surface area contributed by atoms with E-state index in [1.54, 1.807) is 23.1 Å². The van der Waals surface area contributed by atoms with Crippen LogP contribution in [0, 0.1) is 13.8 Å². The smallest absolute Gasteiger partial charge is 0.259 e. The minimum absolute atomic E-state index is 0.0122. The van der Waals surface area contributed by atoms with Crippen molar-refractivity contribution in [3.63, 3.8) is 0 Å². The normalized spacial score (nSPS) is 13.4. The molecule has 0 unspecified atom stereocenters. The summed E-state index contributed by atoms with van der Waals surface area (Å²) >= 11 is 3.17. The maximum absolute atomic E-state index is 12.4. The van der Waals surface area contributed by atoms with Crippen molar-refractivity contribution in [2.45, 2.75) is 45.4 Å². The molecule has 7 heteroatoms. The topological polar surface area (TPSA) is 74.8 Å². The van der Waals surface area contributed by atoms with Gasteiger partial charge in [-0.1, -0.05) is 30.3 Å². The molecule has 0 aliphatic carbocycles. The van der Waals surface area contributed by atoms with Crippen molar-refractivity contribution < 1.29 is 4.79 Å². The molecule has 0 fully saturated rings. The first-order valence-electron chi connectivity index (χ1n) is 9.32. The highest BCUT2D eigenvalue weighted by atomic mass is 32.2. The van der Waals surface area contributed by atoms with Gasteiger partial charge in [0, 0.05) is 17.1 Å². The lowest BCUT2D eigenvalue weighted by Gasteiger charge is -2.15. The molecule has 28 heavy (non-hydrogen) atoms. The van der Waals surface area contributed by atoms with Crippen LogP contribution in [0.5, 0.6) is 0 Å². The molecule has 1 amide bonds. The van der Waals surface area contributed by atoms with Gasteiger partial charge in [0.1, 0.15) is 10.7 Å². The third-order valence-electron chi connectivity index (χ3n) is 4.82. The average molecular weight is 416 g/mol. The first kappa shape index (κ1) is 20.6. The fraction of sp³-hybridized carbons (Fsp3) is 0.381. The molecule has 0 saturated heterocycles. The van der Waals surface area contributed by atoms with E-state index in [9.17, 15) is 9.59 Å². The molecule has 3 rings (SSSR count). The molecule has 2 atom stereocenters. The summed E-state index contributed by atoms with van der Waals surface area (Å²) < 4.78 is 0. The van der Waals surface area contributed by atoms with E-state index < -0.39 is 0 Å². The van der Waals surface area contributed by atoms with Gasteiger partial charge in [0.2, 0.25) is 5.91 Å². The number of fused-ring (bicyclic) bond motifs is 1. The summed E-state index contributed by atoms with van der Waals surface area (Å²) in [6.45, 7) is 7.95. The number of thiophene rings is 1. The van der Waals surface area contributed by atoms with E-state index in [1.807, 2.05) is 58.0 Å². The molecule has 0 aliphatic heterocycles. The predicted octanol–water partition coefficient (Wildman–Crippen LogP) is 4.66. The number of aromatic amines is 1. The summed E-state index contributed by atoms with van der Waals surface area (Å²) in [5.74, 6) is 1.36. The van der Waals surface area contributed by atoms with Gasteiger partial charge >= 0.3 is 0 Å². The molecular weight excluding hydrogens is 390 g/mol. The van der Waals surface area contributed by atoms with Gasteiger partial charge in [-0.2, -0.15) is 11.8 Å². The van der Waals surface area contributed by atoms with Gasteiger partial charge < -0.3 is 10.3 Å². The Bertz CT molecular complexity index is 1030. The van der Waals surface area contributed by atoms with E-state index in [0.29, 0.717) is 23.4 Å². The average Bonchev–Trinajstić information content (AvgIpc) is 2.96. The molecule has 2 N–H and O–H groups in total. The van der Waals surface area contributed by atoms with Gasteiger partial charge in [0.15, 0.2) is 0 Å². The van der Waals surface area contributed by atoms with E-state index >= 15 is 0 Å². The number of hydrogen-bond donors (Lipinski definition) is 2. The Kier molecular flexibility index (Phi) is 6.57. The molecule has 2 heterocycles. The van der Waals surface area contributed by atoms with Gasteiger partial charge in [0.25, 0.3) is 5.56 Å². The van der Waals surface area contributed by atoms with Crippen LogP contribution in [0.1, 0.15) is 53.4 Å². The number of thioether (sulfide) groups is 1. The Morgan fingerprint density at radius 3 is 2.68 bits per heavy atom. The van der Waals surface area contributed by atoms with Crippen LogP contribution in [-0.4, -0.2) is 21.6 Å². The number of nitrogens with one attached hydrogen (secondary N) is 2. The highest BCUT2D eigenvalue weighted by Crippen LogP contribution is 2.30. The molecule has 0 spiro atoms. The quantitative estimate of drug-likeness (QED) is 0.588. The fourth-order valence-corrected chi connectivity index (χ4v) is 4.97. The number of amides is 1. The van der Waals surface area contributed by atoms with Crippen molar-refractivity contribution in [3.8, 4) is 0 Å². The van der Waals surface area contributed by atoms with Crippen LogP contribution in [0.25, 0.3) is 10.2 Å². The highest BCUT2D eigenvalue weighted by Gasteiger charge is 2.16. The first-order chi connectivity index (χ1) is 13.4. The monoisotopic (exact) mass is 415 g/mol. The first-order valence-corrected chi connectivity index (χ1v) is 11.2. The minimum atomic E-state index is -0.0799. The van der Waals surface area contributed by atoms with Crippen molar-refractivity contribution in [1.29, 1.82) is 0 Å². The van der Waals surface area contributed by atoms with Crippen LogP contribution in [0.4, 0.5) is 0 Å². The van der Waals surface area contributed by atoms with E-state index in [2.05, 4.69) is 15.3 Å². The fourth-order valence-electron chi connectivity index (χ4n) is 3.01. The van der Waals surface area contributed by atoms with E-state index in [-0.39, 0.29) is 22.8 Å². The van der Waals surface area contributed by atoms with E-state index in [1.165, 1.54) is 0 Å². The van der Waals surface area contributed by atoms with Crippen molar-refractivity contribution >= 4 is 39.2 Å². The van der Waals surface area contributed by atoms with E-state index in [0.717, 1.165) is 20.8 Å². The Labute approximate surface area is 173 Å². The lowest BCUT2D eigenvalue weighted by atomic mass is 10.1. The second-order valence-corrected chi connectivity index (χ2v) is 9.53. The van der Waals surface area contributed by atoms with E-state index in [4.69, 9.17) is 0 Å². The zero-order valence-corrected chi connectivity index (χ0v) is 18.2. The second kappa shape index (κ2) is 8.92. The van der Waals surface area contributed by atoms with Crippen LogP contribution in [0.3, 0.4) is 0 Å². The lowest BCUT2D eigenvalue weighted by Crippen LogP contribution is -2.26. The lowest BCUT2D eigenvalue weighted by molar-refractivity contribution is -0.121. The summed E-state index contributed by atoms with van der Waals surface area (Å²) in [4.78, 5) is 34.1. The zero-order valence-electron chi connectivity index (χ0n) is 16.5. The summed E-state index contributed by atoms with van der Waals surface area (Å²) in [6, 6.07) is 9.90. The van der Waals surface area contributed by atoms with Crippen molar-refractivity contribution in [2.75, 3.05) is 5.75 Å².